The van der Waals surface area contributed by atoms with Crippen LogP contribution in [0.5, 0.6) is 0 Å². The fraction of sp³-hybridized carbons (Fsp3) is 0.235. The first-order valence-corrected chi connectivity index (χ1v) is 9.03. The molecular formula is C17H15N3O2S2. The third kappa shape index (κ3) is 2.59. The lowest BCUT2D eigenvalue weighted by molar-refractivity contribution is 0.0738. The molecule has 1 saturated heterocycles. The predicted octanol–water partition coefficient (Wildman–Crippen LogP) is 3.62. The van der Waals surface area contributed by atoms with Crippen LogP contribution in [0.4, 0.5) is 0 Å². The molecule has 24 heavy (non-hydrogen) atoms. The molecule has 3 aromatic rings. The van der Waals surface area contributed by atoms with Crippen LogP contribution in [0, 0.1) is 4.77 Å². The van der Waals surface area contributed by atoms with E-state index in [0.717, 1.165) is 19.4 Å². The third-order valence-electron chi connectivity index (χ3n) is 4.37. The van der Waals surface area contributed by atoms with Gasteiger partial charge >= 0.3 is 0 Å². The lowest BCUT2D eigenvalue weighted by Crippen LogP contribution is -2.30. The Morgan fingerprint density at radius 2 is 2.17 bits per heavy atom. The van der Waals surface area contributed by atoms with Crippen molar-refractivity contribution in [1.82, 2.24) is 14.9 Å². The number of fused-ring (bicyclic) bond motifs is 1. The number of H-pyrrole nitrogens is 2. The van der Waals surface area contributed by atoms with Crippen molar-refractivity contribution in [2.24, 2.45) is 0 Å². The van der Waals surface area contributed by atoms with Crippen molar-refractivity contribution >= 4 is 40.4 Å². The molecule has 0 bridgehead atoms. The maximum atomic E-state index is 13.0. The molecule has 1 aliphatic rings. The van der Waals surface area contributed by atoms with Crippen molar-refractivity contribution in [3.63, 3.8) is 0 Å². The SMILES string of the molecule is O=C(c1ccc2c(=O)[nH]c(=S)[nH]c2c1)N1CCCC1c1cccs1. The number of aromatic nitrogens is 2. The molecule has 5 nitrogen and oxygen atoms in total. The van der Waals surface area contributed by atoms with Gasteiger partial charge in [0.05, 0.1) is 16.9 Å². The molecule has 0 saturated carbocycles. The minimum atomic E-state index is -0.245. The zero-order valence-corrected chi connectivity index (χ0v) is 14.4. The van der Waals surface area contributed by atoms with Crippen molar-refractivity contribution in [3.05, 3.63) is 61.3 Å². The van der Waals surface area contributed by atoms with Crippen LogP contribution in [0.2, 0.25) is 0 Å². The van der Waals surface area contributed by atoms with Crippen molar-refractivity contribution in [2.45, 2.75) is 18.9 Å². The van der Waals surface area contributed by atoms with E-state index < -0.39 is 0 Å². The number of rotatable bonds is 2. The molecule has 122 valence electrons. The molecule has 0 aliphatic carbocycles. The van der Waals surface area contributed by atoms with Crippen LogP contribution in [0.1, 0.15) is 34.1 Å². The lowest BCUT2D eigenvalue weighted by Gasteiger charge is -2.24. The summed E-state index contributed by atoms with van der Waals surface area (Å²) in [5.41, 5.74) is 0.911. The van der Waals surface area contributed by atoms with Crippen LogP contribution < -0.4 is 5.56 Å². The lowest BCUT2D eigenvalue weighted by atomic mass is 10.1. The highest BCUT2D eigenvalue weighted by Gasteiger charge is 2.31. The van der Waals surface area contributed by atoms with E-state index in [2.05, 4.69) is 16.0 Å². The first kappa shape index (κ1) is 15.3. The number of nitrogens with one attached hydrogen (secondary N) is 2. The molecule has 1 aliphatic heterocycles. The second kappa shape index (κ2) is 5.99. The Hall–Kier alpha value is -2.25. The van der Waals surface area contributed by atoms with Crippen molar-refractivity contribution < 1.29 is 4.79 Å². The largest absolute Gasteiger partial charge is 0.332 e. The Morgan fingerprint density at radius 3 is 2.96 bits per heavy atom. The number of amides is 1. The van der Waals surface area contributed by atoms with E-state index >= 15 is 0 Å². The number of benzene rings is 1. The number of nitrogens with zero attached hydrogens (tertiary/aromatic N) is 1. The average molecular weight is 357 g/mol. The molecule has 4 rings (SSSR count). The number of likely N-dealkylation sites (tertiary alicyclic amines) is 1. The normalized spacial score (nSPS) is 17.5. The number of carbonyl (C=O) groups excluding carboxylic acids is 1. The highest BCUT2D eigenvalue weighted by molar-refractivity contribution is 7.71. The second-order valence-electron chi connectivity index (χ2n) is 5.84. The van der Waals surface area contributed by atoms with Gasteiger partial charge in [-0.15, -0.1) is 11.3 Å². The van der Waals surface area contributed by atoms with Gasteiger partial charge < -0.3 is 9.88 Å². The summed E-state index contributed by atoms with van der Waals surface area (Å²) in [6.07, 6.45) is 1.99. The number of hydrogen-bond donors (Lipinski definition) is 2. The van der Waals surface area contributed by atoms with Gasteiger partial charge in [0.15, 0.2) is 4.77 Å². The quantitative estimate of drug-likeness (QED) is 0.688. The van der Waals surface area contributed by atoms with Gasteiger partial charge in [0, 0.05) is 17.0 Å². The zero-order valence-electron chi connectivity index (χ0n) is 12.7. The van der Waals surface area contributed by atoms with Gasteiger partial charge in [0.1, 0.15) is 0 Å². The van der Waals surface area contributed by atoms with Gasteiger partial charge in [-0.1, -0.05) is 6.07 Å². The van der Waals surface area contributed by atoms with E-state index in [1.165, 1.54) is 4.88 Å². The number of carbonyl (C=O) groups is 1. The summed E-state index contributed by atoms with van der Waals surface area (Å²) in [6.45, 7) is 0.755. The van der Waals surface area contributed by atoms with Crippen molar-refractivity contribution in [1.29, 1.82) is 0 Å². The van der Waals surface area contributed by atoms with E-state index in [1.807, 2.05) is 16.3 Å². The molecule has 0 radical (unpaired) electrons. The highest BCUT2D eigenvalue weighted by Crippen LogP contribution is 2.35. The fourth-order valence-corrected chi connectivity index (χ4v) is 4.33. The standard InChI is InChI=1S/C17H15N3O2S2/c21-15-11-6-5-10(9-12(11)18-17(23)19-15)16(22)20-7-1-3-13(20)14-4-2-8-24-14/h2,4-6,8-9,13H,1,3,7H2,(H2,18,19,21,23). The smallest absolute Gasteiger partial charge is 0.259 e. The summed E-state index contributed by atoms with van der Waals surface area (Å²) in [6, 6.07) is 9.34. The minimum Gasteiger partial charge on any atom is -0.332 e. The summed E-state index contributed by atoms with van der Waals surface area (Å²) >= 11 is 6.69. The van der Waals surface area contributed by atoms with Crippen LogP contribution in [0.15, 0.2) is 40.5 Å². The third-order valence-corrected chi connectivity index (χ3v) is 5.55. The Morgan fingerprint density at radius 1 is 1.29 bits per heavy atom. The van der Waals surface area contributed by atoms with Crippen molar-refractivity contribution in [2.75, 3.05) is 6.54 Å². The monoisotopic (exact) mass is 357 g/mol. The van der Waals surface area contributed by atoms with Crippen LogP contribution in [-0.2, 0) is 0 Å². The van der Waals surface area contributed by atoms with Crippen LogP contribution in [0.3, 0.4) is 0 Å². The molecule has 7 heteroatoms. The molecule has 1 atom stereocenters. The Labute approximate surface area is 147 Å². The Balaban J connectivity index is 1.73. The molecule has 3 heterocycles. The predicted molar refractivity (Wildman–Crippen MR) is 97.1 cm³/mol. The van der Waals surface area contributed by atoms with E-state index in [9.17, 15) is 9.59 Å². The van der Waals surface area contributed by atoms with Gasteiger partial charge in [-0.3, -0.25) is 14.6 Å². The van der Waals surface area contributed by atoms with E-state index in [1.54, 1.807) is 29.5 Å². The van der Waals surface area contributed by atoms with Crippen molar-refractivity contribution in [3.8, 4) is 0 Å². The maximum Gasteiger partial charge on any atom is 0.259 e. The van der Waals surface area contributed by atoms with Crippen LogP contribution in [0.25, 0.3) is 10.9 Å². The topological polar surface area (TPSA) is 69.0 Å². The molecule has 1 unspecified atom stereocenters. The van der Waals surface area contributed by atoms with Gasteiger partial charge in [-0.2, -0.15) is 0 Å². The Bertz CT molecular complexity index is 1020. The number of aromatic amines is 2. The summed E-state index contributed by atoms with van der Waals surface area (Å²) in [7, 11) is 0. The van der Waals surface area contributed by atoms with E-state index in [4.69, 9.17) is 12.2 Å². The number of thiophene rings is 1. The first-order chi connectivity index (χ1) is 11.6. The Kier molecular flexibility index (Phi) is 3.82. The molecule has 1 aromatic carbocycles. The molecule has 2 aromatic heterocycles. The van der Waals surface area contributed by atoms with Crippen LogP contribution in [-0.4, -0.2) is 27.3 Å². The minimum absolute atomic E-state index is 0.00704. The summed E-state index contributed by atoms with van der Waals surface area (Å²) in [4.78, 5) is 33.5. The molecular weight excluding hydrogens is 342 g/mol. The highest BCUT2D eigenvalue weighted by atomic mass is 32.1. The summed E-state index contributed by atoms with van der Waals surface area (Å²) in [5.74, 6) is -0.00704. The zero-order chi connectivity index (χ0) is 16.7. The van der Waals surface area contributed by atoms with Gasteiger partial charge in [0.25, 0.3) is 11.5 Å². The van der Waals surface area contributed by atoms with E-state index in [-0.39, 0.29) is 22.3 Å². The summed E-state index contributed by atoms with van der Waals surface area (Å²) < 4.78 is 0.259. The fourth-order valence-electron chi connectivity index (χ4n) is 3.25. The van der Waals surface area contributed by atoms with Gasteiger partial charge in [-0.25, -0.2) is 0 Å². The average Bonchev–Trinajstić information content (AvgIpc) is 3.24. The molecule has 0 spiro atoms. The molecule has 2 N–H and O–H groups in total. The van der Waals surface area contributed by atoms with Crippen LogP contribution >= 0.6 is 23.6 Å². The summed E-state index contributed by atoms with van der Waals surface area (Å²) in [5, 5.41) is 2.54. The van der Waals surface area contributed by atoms with E-state index in [0.29, 0.717) is 16.5 Å². The maximum absolute atomic E-state index is 13.0. The van der Waals surface area contributed by atoms with Gasteiger partial charge in [0.2, 0.25) is 0 Å². The van der Waals surface area contributed by atoms with Gasteiger partial charge in [-0.05, 0) is 54.7 Å². The number of hydrogen-bond acceptors (Lipinski definition) is 4. The molecule has 1 amide bonds. The second-order valence-corrected chi connectivity index (χ2v) is 7.23. The first-order valence-electron chi connectivity index (χ1n) is 7.74. The molecule has 1 fully saturated rings.